The highest BCUT2D eigenvalue weighted by molar-refractivity contribution is 9.10. The van der Waals surface area contributed by atoms with Crippen molar-refractivity contribution in [3.05, 3.63) is 70.2 Å². The summed E-state index contributed by atoms with van der Waals surface area (Å²) >= 11 is 9.28. The van der Waals surface area contributed by atoms with Crippen LogP contribution in [-0.4, -0.2) is 33.1 Å². The third kappa shape index (κ3) is 4.47. The molecule has 2 amide bonds. The van der Waals surface area contributed by atoms with Gasteiger partial charge in [0.25, 0.3) is 5.91 Å². The van der Waals surface area contributed by atoms with Gasteiger partial charge in [0.2, 0.25) is 5.91 Å². The number of carbonyl (C=O) groups is 2. The second-order valence-electron chi connectivity index (χ2n) is 5.24. The first-order chi connectivity index (χ1) is 12.5. The minimum absolute atomic E-state index is 0.174. The molecule has 0 atom stereocenters. The van der Waals surface area contributed by atoms with Crippen molar-refractivity contribution >= 4 is 45.0 Å². The number of carbonyl (C=O) groups excluding carboxylic acids is 2. The van der Waals surface area contributed by atoms with E-state index >= 15 is 0 Å². The van der Waals surface area contributed by atoms with Crippen molar-refractivity contribution in [2.24, 2.45) is 0 Å². The summed E-state index contributed by atoms with van der Waals surface area (Å²) in [6.07, 6.45) is 3.02. The zero-order valence-electron chi connectivity index (χ0n) is 13.3. The summed E-state index contributed by atoms with van der Waals surface area (Å²) in [5, 5.41) is 9.59. The molecule has 0 unspecified atom stereocenters. The maximum absolute atomic E-state index is 12.1. The lowest BCUT2D eigenvalue weighted by Crippen LogP contribution is -2.33. The van der Waals surface area contributed by atoms with Crippen molar-refractivity contribution < 1.29 is 9.59 Å². The number of hydrogen-bond donors (Lipinski definition) is 2. The van der Waals surface area contributed by atoms with Crippen LogP contribution in [0.25, 0.3) is 5.69 Å². The molecular weight excluding hydrogens is 422 g/mol. The fourth-order valence-corrected chi connectivity index (χ4v) is 2.74. The standard InChI is InChI=1S/C17H13BrClN5O2/c18-11-1-6-15(19)14(7-11)17(26)21-8-16(25)23-12-2-4-13(5-3-12)24-10-20-9-22-24/h1-7,9-10H,8H2,(H,21,26)(H,23,25). The monoisotopic (exact) mass is 433 g/mol. The quantitative estimate of drug-likeness (QED) is 0.646. The van der Waals surface area contributed by atoms with Gasteiger partial charge in [0.15, 0.2) is 0 Å². The van der Waals surface area contributed by atoms with Crippen molar-refractivity contribution in [2.75, 3.05) is 11.9 Å². The minimum Gasteiger partial charge on any atom is -0.343 e. The summed E-state index contributed by atoms with van der Waals surface area (Å²) in [6, 6.07) is 12.0. The molecular formula is C17H13BrClN5O2. The predicted octanol–water partition coefficient (Wildman–Crippen LogP) is 3.05. The van der Waals surface area contributed by atoms with Gasteiger partial charge in [-0.3, -0.25) is 9.59 Å². The smallest absolute Gasteiger partial charge is 0.253 e. The Bertz CT molecular complexity index is 929. The maximum atomic E-state index is 12.1. The number of nitrogens with zero attached hydrogens (tertiary/aromatic N) is 3. The van der Waals surface area contributed by atoms with Crippen molar-refractivity contribution in [1.29, 1.82) is 0 Å². The van der Waals surface area contributed by atoms with Gasteiger partial charge in [-0.2, -0.15) is 5.10 Å². The Labute approximate surface area is 162 Å². The number of benzene rings is 2. The zero-order valence-corrected chi connectivity index (χ0v) is 15.7. The lowest BCUT2D eigenvalue weighted by Gasteiger charge is -2.09. The van der Waals surface area contributed by atoms with Crippen LogP contribution in [0.15, 0.2) is 59.6 Å². The summed E-state index contributed by atoms with van der Waals surface area (Å²) in [7, 11) is 0. The highest BCUT2D eigenvalue weighted by Gasteiger charge is 2.12. The largest absolute Gasteiger partial charge is 0.343 e. The Kier molecular flexibility index (Phi) is 5.65. The summed E-state index contributed by atoms with van der Waals surface area (Å²) in [6.45, 7) is -0.174. The molecule has 9 heteroatoms. The van der Waals surface area contributed by atoms with E-state index in [4.69, 9.17) is 11.6 Å². The Morgan fingerprint density at radius 3 is 2.62 bits per heavy atom. The SMILES string of the molecule is O=C(CNC(=O)c1cc(Br)ccc1Cl)Nc1ccc(-n2cncn2)cc1. The number of amides is 2. The molecule has 0 bridgehead atoms. The molecule has 0 saturated heterocycles. The van der Waals surface area contributed by atoms with Crippen LogP contribution in [0.5, 0.6) is 0 Å². The van der Waals surface area contributed by atoms with E-state index in [1.165, 1.54) is 6.33 Å². The molecule has 0 aliphatic rings. The third-order valence-corrected chi connectivity index (χ3v) is 4.24. The Balaban J connectivity index is 1.55. The van der Waals surface area contributed by atoms with Gasteiger partial charge in [-0.15, -0.1) is 0 Å². The van der Waals surface area contributed by atoms with E-state index in [2.05, 4.69) is 36.6 Å². The maximum Gasteiger partial charge on any atom is 0.253 e. The molecule has 0 saturated carbocycles. The summed E-state index contributed by atoms with van der Waals surface area (Å²) in [5.41, 5.74) is 1.72. The van der Waals surface area contributed by atoms with Crippen LogP contribution in [-0.2, 0) is 4.79 Å². The summed E-state index contributed by atoms with van der Waals surface area (Å²) in [4.78, 5) is 28.0. The summed E-state index contributed by atoms with van der Waals surface area (Å²) < 4.78 is 2.33. The normalized spacial score (nSPS) is 10.4. The average Bonchev–Trinajstić information content (AvgIpc) is 3.17. The molecule has 2 aromatic carbocycles. The number of nitrogens with one attached hydrogen (secondary N) is 2. The molecule has 7 nitrogen and oxygen atoms in total. The van der Waals surface area contributed by atoms with Crippen molar-refractivity contribution in [1.82, 2.24) is 20.1 Å². The van der Waals surface area contributed by atoms with Crippen molar-refractivity contribution in [3.63, 3.8) is 0 Å². The fourth-order valence-electron chi connectivity index (χ4n) is 2.17. The van der Waals surface area contributed by atoms with Crippen LogP contribution >= 0.6 is 27.5 Å². The first-order valence-electron chi connectivity index (χ1n) is 7.51. The lowest BCUT2D eigenvalue weighted by molar-refractivity contribution is -0.115. The van der Waals surface area contributed by atoms with Gasteiger partial charge in [0.05, 0.1) is 22.8 Å². The highest BCUT2D eigenvalue weighted by atomic mass is 79.9. The molecule has 132 valence electrons. The van der Waals surface area contributed by atoms with Crippen LogP contribution in [0.4, 0.5) is 5.69 Å². The number of aromatic nitrogens is 3. The van der Waals surface area contributed by atoms with E-state index in [0.29, 0.717) is 16.3 Å². The van der Waals surface area contributed by atoms with Gasteiger partial charge in [0.1, 0.15) is 12.7 Å². The predicted molar refractivity (Wildman–Crippen MR) is 101 cm³/mol. The molecule has 0 aliphatic heterocycles. The molecule has 0 spiro atoms. The topological polar surface area (TPSA) is 88.9 Å². The van der Waals surface area contributed by atoms with Crippen LogP contribution in [0.2, 0.25) is 5.02 Å². The van der Waals surface area contributed by atoms with E-state index < -0.39 is 5.91 Å². The van der Waals surface area contributed by atoms with Crippen LogP contribution in [0, 0.1) is 0 Å². The van der Waals surface area contributed by atoms with Crippen molar-refractivity contribution in [2.45, 2.75) is 0 Å². The van der Waals surface area contributed by atoms with Gasteiger partial charge < -0.3 is 10.6 Å². The minimum atomic E-state index is -0.423. The molecule has 0 fully saturated rings. The molecule has 2 N–H and O–H groups in total. The van der Waals surface area contributed by atoms with E-state index in [1.54, 1.807) is 53.5 Å². The number of hydrogen-bond acceptors (Lipinski definition) is 4. The molecule has 1 aromatic heterocycles. The molecule has 3 rings (SSSR count). The molecule has 1 heterocycles. The number of anilines is 1. The van der Waals surface area contributed by atoms with Crippen LogP contribution in [0.1, 0.15) is 10.4 Å². The first-order valence-corrected chi connectivity index (χ1v) is 8.68. The number of rotatable bonds is 5. The lowest BCUT2D eigenvalue weighted by atomic mass is 10.2. The molecule has 3 aromatic rings. The van der Waals surface area contributed by atoms with Crippen LogP contribution < -0.4 is 10.6 Å². The van der Waals surface area contributed by atoms with Gasteiger partial charge in [-0.1, -0.05) is 27.5 Å². The van der Waals surface area contributed by atoms with Gasteiger partial charge >= 0.3 is 0 Å². The Morgan fingerprint density at radius 2 is 1.92 bits per heavy atom. The fraction of sp³-hybridized carbons (Fsp3) is 0.0588. The van der Waals surface area contributed by atoms with E-state index in [0.717, 1.165) is 10.2 Å². The Hall–Kier alpha value is -2.71. The van der Waals surface area contributed by atoms with Gasteiger partial charge in [0, 0.05) is 10.2 Å². The van der Waals surface area contributed by atoms with Gasteiger partial charge in [-0.25, -0.2) is 9.67 Å². The van der Waals surface area contributed by atoms with E-state index in [9.17, 15) is 9.59 Å². The van der Waals surface area contributed by atoms with Crippen LogP contribution in [0.3, 0.4) is 0 Å². The third-order valence-electron chi connectivity index (χ3n) is 3.42. The second kappa shape index (κ2) is 8.11. The average molecular weight is 435 g/mol. The van der Waals surface area contributed by atoms with Gasteiger partial charge in [-0.05, 0) is 42.5 Å². The second-order valence-corrected chi connectivity index (χ2v) is 6.56. The zero-order chi connectivity index (χ0) is 18.5. The molecule has 0 radical (unpaired) electrons. The van der Waals surface area contributed by atoms with Crippen molar-refractivity contribution in [3.8, 4) is 5.69 Å². The van der Waals surface area contributed by atoms with E-state index in [-0.39, 0.29) is 12.5 Å². The highest BCUT2D eigenvalue weighted by Crippen LogP contribution is 2.20. The summed E-state index contributed by atoms with van der Waals surface area (Å²) in [5.74, 6) is -0.772. The first kappa shape index (κ1) is 18.1. The molecule has 0 aliphatic carbocycles. The Morgan fingerprint density at radius 1 is 1.15 bits per heavy atom. The number of halogens is 2. The van der Waals surface area contributed by atoms with E-state index in [1.807, 2.05) is 0 Å². The molecule has 26 heavy (non-hydrogen) atoms.